The quantitative estimate of drug-likeness (QED) is 0.801. The summed E-state index contributed by atoms with van der Waals surface area (Å²) in [6, 6.07) is 12.3. The van der Waals surface area contributed by atoms with Crippen LogP contribution in [0, 0.1) is 0 Å². The lowest BCUT2D eigenvalue weighted by molar-refractivity contribution is 0.0696. The Kier molecular flexibility index (Phi) is 5.88. The average Bonchev–Trinajstić information content (AvgIpc) is 3.22. The molecule has 0 unspecified atom stereocenters. The molecule has 0 radical (unpaired) electrons. The second-order valence-electron chi connectivity index (χ2n) is 7.43. The molecular weight excluding hydrogens is 376 g/mol. The predicted octanol–water partition coefficient (Wildman–Crippen LogP) is 3.46. The molecule has 7 heteroatoms. The minimum atomic E-state index is -3.70. The molecule has 2 aromatic carbocycles. The highest BCUT2D eigenvalue weighted by atomic mass is 32.2. The molecule has 0 aliphatic carbocycles. The number of nitrogens with zero attached hydrogens (tertiary/aromatic N) is 2. The molecule has 1 saturated heterocycles. The van der Waals surface area contributed by atoms with Gasteiger partial charge in [-0.15, -0.1) is 0 Å². The fourth-order valence-electron chi connectivity index (χ4n) is 3.39. The monoisotopic (exact) mass is 402 g/mol. The van der Waals surface area contributed by atoms with Crippen LogP contribution >= 0.6 is 0 Å². The van der Waals surface area contributed by atoms with Gasteiger partial charge in [0.15, 0.2) is 0 Å². The van der Waals surface area contributed by atoms with Gasteiger partial charge in [-0.25, -0.2) is 13.2 Å². The molecule has 1 heterocycles. The van der Waals surface area contributed by atoms with Gasteiger partial charge in [0.1, 0.15) is 0 Å². The van der Waals surface area contributed by atoms with Crippen LogP contribution in [0.25, 0.3) is 11.1 Å². The van der Waals surface area contributed by atoms with Crippen LogP contribution in [-0.4, -0.2) is 55.9 Å². The largest absolute Gasteiger partial charge is 0.478 e. The predicted molar refractivity (Wildman–Crippen MR) is 109 cm³/mol. The van der Waals surface area contributed by atoms with E-state index in [0.29, 0.717) is 18.7 Å². The van der Waals surface area contributed by atoms with E-state index < -0.39 is 16.0 Å². The van der Waals surface area contributed by atoms with Crippen molar-refractivity contribution in [3.05, 3.63) is 53.6 Å². The summed E-state index contributed by atoms with van der Waals surface area (Å²) in [7, 11) is 0.275. The van der Waals surface area contributed by atoms with Crippen molar-refractivity contribution in [1.29, 1.82) is 0 Å². The SMILES string of the molecule is C[C@H](c1cccc(-c2cc(C(=O)O)cc(S(=O)(=O)N3CCCC3)c2)c1)N(C)C. The lowest BCUT2D eigenvalue weighted by Gasteiger charge is -2.21. The number of sulfonamides is 1. The van der Waals surface area contributed by atoms with Gasteiger partial charge in [0.05, 0.1) is 10.5 Å². The third-order valence-corrected chi connectivity index (χ3v) is 7.21. The number of hydrogen-bond donors (Lipinski definition) is 1. The molecule has 1 atom stereocenters. The molecule has 0 aromatic heterocycles. The van der Waals surface area contributed by atoms with Gasteiger partial charge in [0, 0.05) is 19.1 Å². The number of hydrogen-bond acceptors (Lipinski definition) is 4. The summed E-state index contributed by atoms with van der Waals surface area (Å²) >= 11 is 0. The Bertz CT molecular complexity index is 980. The molecule has 2 aromatic rings. The van der Waals surface area contributed by atoms with Gasteiger partial charge in [-0.05, 0) is 74.8 Å². The van der Waals surface area contributed by atoms with E-state index in [4.69, 9.17) is 0 Å². The maximum absolute atomic E-state index is 13.0. The van der Waals surface area contributed by atoms with Crippen LogP contribution in [0.3, 0.4) is 0 Å². The van der Waals surface area contributed by atoms with Crippen molar-refractivity contribution >= 4 is 16.0 Å². The van der Waals surface area contributed by atoms with Crippen LogP contribution in [0.15, 0.2) is 47.4 Å². The molecule has 1 aliphatic rings. The smallest absolute Gasteiger partial charge is 0.335 e. The molecule has 0 bridgehead atoms. The first-order chi connectivity index (χ1) is 13.2. The first-order valence-electron chi connectivity index (χ1n) is 9.35. The molecule has 150 valence electrons. The standard InChI is InChI=1S/C21H26N2O4S/c1-15(22(2)3)16-7-6-8-17(11-16)18-12-19(21(24)25)14-20(13-18)28(26,27)23-9-4-5-10-23/h6-8,11-15H,4-5,9-10H2,1-3H3,(H,24,25)/t15-/m1/s1. The van der Waals surface area contributed by atoms with Crippen LogP contribution in [0.4, 0.5) is 0 Å². The summed E-state index contributed by atoms with van der Waals surface area (Å²) in [5.41, 5.74) is 2.44. The highest BCUT2D eigenvalue weighted by Gasteiger charge is 2.28. The van der Waals surface area contributed by atoms with Crippen molar-refractivity contribution in [2.24, 2.45) is 0 Å². The Morgan fingerprint density at radius 2 is 1.75 bits per heavy atom. The van der Waals surface area contributed by atoms with E-state index in [-0.39, 0.29) is 16.5 Å². The molecule has 3 rings (SSSR count). The first-order valence-corrected chi connectivity index (χ1v) is 10.8. The third-order valence-electron chi connectivity index (χ3n) is 5.33. The van der Waals surface area contributed by atoms with E-state index in [9.17, 15) is 18.3 Å². The minimum Gasteiger partial charge on any atom is -0.478 e. The van der Waals surface area contributed by atoms with E-state index in [1.54, 1.807) is 6.07 Å². The fraction of sp³-hybridized carbons (Fsp3) is 0.381. The average molecular weight is 403 g/mol. The summed E-state index contributed by atoms with van der Waals surface area (Å²) in [6.45, 7) is 3.03. The molecule has 1 N–H and O–H groups in total. The van der Waals surface area contributed by atoms with Crippen LogP contribution in [0.2, 0.25) is 0 Å². The minimum absolute atomic E-state index is 0.0265. The summed E-state index contributed by atoms with van der Waals surface area (Å²) in [5, 5.41) is 9.51. The van der Waals surface area contributed by atoms with E-state index in [0.717, 1.165) is 24.0 Å². The van der Waals surface area contributed by atoms with Gasteiger partial charge in [-0.1, -0.05) is 18.2 Å². The van der Waals surface area contributed by atoms with Crippen LogP contribution in [0.1, 0.15) is 41.7 Å². The van der Waals surface area contributed by atoms with E-state index in [2.05, 4.69) is 11.8 Å². The van der Waals surface area contributed by atoms with Gasteiger partial charge in [-0.3, -0.25) is 0 Å². The summed E-state index contributed by atoms with van der Waals surface area (Å²) < 4.78 is 27.4. The lowest BCUT2D eigenvalue weighted by Crippen LogP contribution is -2.28. The van der Waals surface area contributed by atoms with E-state index >= 15 is 0 Å². The van der Waals surface area contributed by atoms with Crippen molar-refractivity contribution in [3.63, 3.8) is 0 Å². The van der Waals surface area contributed by atoms with Crippen molar-refractivity contribution in [2.75, 3.05) is 27.2 Å². The van der Waals surface area contributed by atoms with Gasteiger partial charge in [-0.2, -0.15) is 4.31 Å². The van der Waals surface area contributed by atoms with Crippen LogP contribution in [-0.2, 0) is 10.0 Å². The number of rotatable bonds is 6. The zero-order valence-electron chi connectivity index (χ0n) is 16.4. The van der Waals surface area contributed by atoms with Crippen LogP contribution < -0.4 is 0 Å². The highest BCUT2D eigenvalue weighted by Crippen LogP contribution is 2.30. The van der Waals surface area contributed by atoms with Gasteiger partial charge >= 0.3 is 5.97 Å². The zero-order valence-corrected chi connectivity index (χ0v) is 17.2. The Morgan fingerprint density at radius 3 is 2.36 bits per heavy atom. The molecular formula is C21H26N2O4S. The van der Waals surface area contributed by atoms with Gasteiger partial charge in [0.2, 0.25) is 10.0 Å². The summed E-state index contributed by atoms with van der Waals surface area (Å²) in [6.07, 6.45) is 1.66. The molecule has 0 spiro atoms. The molecule has 6 nitrogen and oxygen atoms in total. The normalized spacial score (nSPS) is 16.4. The van der Waals surface area contributed by atoms with Crippen molar-refractivity contribution in [2.45, 2.75) is 30.7 Å². The second-order valence-corrected chi connectivity index (χ2v) is 9.37. The van der Waals surface area contributed by atoms with Crippen molar-refractivity contribution in [1.82, 2.24) is 9.21 Å². The van der Waals surface area contributed by atoms with Gasteiger partial charge < -0.3 is 10.0 Å². The first kappa shape index (κ1) is 20.5. The van der Waals surface area contributed by atoms with Crippen LogP contribution in [0.5, 0.6) is 0 Å². The third kappa shape index (κ3) is 4.11. The molecule has 0 saturated carbocycles. The Hall–Kier alpha value is -2.22. The Labute approximate surface area is 166 Å². The number of carboxylic acids is 1. The zero-order chi connectivity index (χ0) is 20.5. The Morgan fingerprint density at radius 1 is 1.07 bits per heavy atom. The molecule has 0 amide bonds. The second kappa shape index (κ2) is 8.03. The number of carbonyl (C=O) groups is 1. The van der Waals surface area contributed by atoms with E-state index in [1.807, 2.05) is 38.4 Å². The number of aromatic carboxylic acids is 1. The topological polar surface area (TPSA) is 77.9 Å². The van der Waals surface area contributed by atoms with Gasteiger partial charge in [0.25, 0.3) is 0 Å². The number of carboxylic acid groups (broad SMARTS) is 1. The Balaban J connectivity index is 2.10. The maximum atomic E-state index is 13.0. The summed E-state index contributed by atoms with van der Waals surface area (Å²) in [5.74, 6) is -1.14. The lowest BCUT2D eigenvalue weighted by atomic mass is 9.98. The fourth-order valence-corrected chi connectivity index (χ4v) is 4.98. The molecule has 1 aliphatic heterocycles. The maximum Gasteiger partial charge on any atom is 0.335 e. The molecule has 28 heavy (non-hydrogen) atoms. The highest BCUT2D eigenvalue weighted by molar-refractivity contribution is 7.89. The number of benzene rings is 2. The van der Waals surface area contributed by atoms with E-state index in [1.165, 1.54) is 16.4 Å². The van der Waals surface area contributed by atoms with Crippen molar-refractivity contribution < 1.29 is 18.3 Å². The summed E-state index contributed by atoms with van der Waals surface area (Å²) in [4.78, 5) is 13.8. The molecule has 1 fully saturated rings. The van der Waals surface area contributed by atoms with Crippen molar-refractivity contribution in [3.8, 4) is 11.1 Å².